The maximum absolute atomic E-state index is 4.48. The van der Waals surface area contributed by atoms with E-state index in [9.17, 15) is 0 Å². The van der Waals surface area contributed by atoms with Crippen molar-refractivity contribution in [3.8, 4) is 0 Å². The smallest absolute Gasteiger partial charge is 0.0223 e. The molecule has 2 aliphatic rings. The monoisotopic (exact) mass is 258 g/mol. The SMILES string of the molecule is C=C(C1=CC(C)CCC1)C1=C(CC)C(C)CC(C)C1. The van der Waals surface area contributed by atoms with Crippen molar-refractivity contribution >= 4 is 0 Å². The minimum atomic E-state index is 0.740. The molecule has 3 unspecified atom stereocenters. The van der Waals surface area contributed by atoms with Gasteiger partial charge in [0, 0.05) is 0 Å². The van der Waals surface area contributed by atoms with Gasteiger partial charge in [0.15, 0.2) is 0 Å². The van der Waals surface area contributed by atoms with E-state index in [4.69, 9.17) is 0 Å². The van der Waals surface area contributed by atoms with Gasteiger partial charge in [0.2, 0.25) is 0 Å². The second kappa shape index (κ2) is 6.11. The molecule has 0 bridgehead atoms. The van der Waals surface area contributed by atoms with Gasteiger partial charge < -0.3 is 0 Å². The molecule has 0 heterocycles. The average molecular weight is 258 g/mol. The van der Waals surface area contributed by atoms with Crippen LogP contribution in [-0.2, 0) is 0 Å². The van der Waals surface area contributed by atoms with Gasteiger partial charge >= 0.3 is 0 Å². The second-order valence-electron chi connectivity index (χ2n) is 6.84. The highest BCUT2D eigenvalue weighted by Crippen LogP contribution is 2.41. The van der Waals surface area contributed by atoms with Crippen molar-refractivity contribution in [1.82, 2.24) is 0 Å². The van der Waals surface area contributed by atoms with Crippen LogP contribution in [0.5, 0.6) is 0 Å². The minimum absolute atomic E-state index is 0.740. The first kappa shape index (κ1) is 14.6. The summed E-state index contributed by atoms with van der Waals surface area (Å²) < 4.78 is 0. The van der Waals surface area contributed by atoms with Crippen molar-refractivity contribution in [3.05, 3.63) is 34.9 Å². The van der Waals surface area contributed by atoms with Gasteiger partial charge in [-0.25, -0.2) is 0 Å². The first-order chi connectivity index (χ1) is 9.02. The van der Waals surface area contributed by atoms with Crippen LogP contribution in [0, 0.1) is 17.8 Å². The standard InChI is InChI=1S/C19H30/c1-6-18-15(4)10-14(3)12-19(18)16(5)17-9-7-8-13(2)11-17/h11,13-15H,5-10,12H2,1-4H3. The van der Waals surface area contributed by atoms with Gasteiger partial charge in [-0.1, -0.05) is 45.9 Å². The fourth-order valence-electron chi connectivity index (χ4n) is 4.05. The lowest BCUT2D eigenvalue weighted by Crippen LogP contribution is -2.17. The van der Waals surface area contributed by atoms with Crippen molar-refractivity contribution < 1.29 is 0 Å². The van der Waals surface area contributed by atoms with Crippen molar-refractivity contribution in [2.24, 2.45) is 17.8 Å². The highest BCUT2D eigenvalue weighted by atomic mass is 14.3. The van der Waals surface area contributed by atoms with E-state index in [2.05, 4.69) is 40.3 Å². The van der Waals surface area contributed by atoms with Crippen molar-refractivity contribution in [3.63, 3.8) is 0 Å². The molecule has 2 aliphatic carbocycles. The fourth-order valence-corrected chi connectivity index (χ4v) is 4.05. The molecule has 0 N–H and O–H groups in total. The van der Waals surface area contributed by atoms with Gasteiger partial charge in [-0.15, -0.1) is 0 Å². The van der Waals surface area contributed by atoms with Crippen LogP contribution in [0.3, 0.4) is 0 Å². The van der Waals surface area contributed by atoms with E-state index in [1.165, 1.54) is 44.1 Å². The summed E-state index contributed by atoms with van der Waals surface area (Å²) in [5.74, 6) is 2.31. The van der Waals surface area contributed by atoms with Gasteiger partial charge in [0.05, 0.1) is 0 Å². The number of rotatable bonds is 3. The summed E-state index contributed by atoms with van der Waals surface area (Å²) in [5.41, 5.74) is 6.21. The summed E-state index contributed by atoms with van der Waals surface area (Å²) in [4.78, 5) is 0. The summed E-state index contributed by atoms with van der Waals surface area (Å²) in [7, 11) is 0. The first-order valence-corrected chi connectivity index (χ1v) is 8.15. The summed E-state index contributed by atoms with van der Waals surface area (Å²) in [6, 6.07) is 0. The van der Waals surface area contributed by atoms with Gasteiger partial charge in [-0.3, -0.25) is 0 Å². The normalized spacial score (nSPS) is 32.2. The zero-order valence-corrected chi connectivity index (χ0v) is 13.3. The van der Waals surface area contributed by atoms with E-state index in [0.29, 0.717) is 0 Å². The van der Waals surface area contributed by atoms with Gasteiger partial charge in [0.1, 0.15) is 0 Å². The van der Waals surface area contributed by atoms with Crippen LogP contribution in [0.1, 0.15) is 66.2 Å². The molecule has 0 aromatic carbocycles. The van der Waals surface area contributed by atoms with Gasteiger partial charge in [0.25, 0.3) is 0 Å². The van der Waals surface area contributed by atoms with Crippen molar-refractivity contribution in [2.45, 2.75) is 66.2 Å². The molecular weight excluding hydrogens is 228 g/mol. The topological polar surface area (TPSA) is 0 Å². The van der Waals surface area contributed by atoms with Gasteiger partial charge in [-0.2, -0.15) is 0 Å². The summed E-state index contributed by atoms with van der Waals surface area (Å²) in [6.45, 7) is 13.9. The molecule has 0 fully saturated rings. The molecule has 0 spiro atoms. The van der Waals surface area contributed by atoms with E-state index < -0.39 is 0 Å². The van der Waals surface area contributed by atoms with Crippen LogP contribution in [0.15, 0.2) is 34.9 Å². The van der Waals surface area contributed by atoms with Crippen LogP contribution >= 0.6 is 0 Å². The summed E-state index contributed by atoms with van der Waals surface area (Å²) in [5, 5.41) is 0. The molecule has 0 aromatic heterocycles. The zero-order chi connectivity index (χ0) is 14.0. The van der Waals surface area contributed by atoms with Crippen molar-refractivity contribution in [2.75, 3.05) is 0 Å². The molecule has 19 heavy (non-hydrogen) atoms. The Bertz CT molecular complexity index is 408. The van der Waals surface area contributed by atoms with Crippen LogP contribution in [-0.4, -0.2) is 0 Å². The average Bonchev–Trinajstić information content (AvgIpc) is 2.37. The number of hydrogen-bond acceptors (Lipinski definition) is 0. The Morgan fingerprint density at radius 2 is 2.05 bits per heavy atom. The molecule has 0 nitrogen and oxygen atoms in total. The molecule has 3 atom stereocenters. The Morgan fingerprint density at radius 1 is 1.32 bits per heavy atom. The Kier molecular flexibility index (Phi) is 4.71. The third kappa shape index (κ3) is 3.22. The van der Waals surface area contributed by atoms with Crippen LogP contribution < -0.4 is 0 Å². The van der Waals surface area contributed by atoms with E-state index in [-0.39, 0.29) is 0 Å². The largest absolute Gasteiger partial charge is 0.0912 e. The molecular formula is C19H30. The van der Waals surface area contributed by atoms with E-state index in [1.54, 1.807) is 16.7 Å². The fraction of sp³-hybridized carbons (Fsp3) is 0.684. The third-order valence-electron chi connectivity index (χ3n) is 5.02. The Hall–Kier alpha value is -0.780. The Balaban J connectivity index is 2.30. The highest BCUT2D eigenvalue weighted by Gasteiger charge is 2.26. The quantitative estimate of drug-likeness (QED) is 0.577. The predicted octanol–water partition coefficient (Wildman–Crippen LogP) is 6.06. The third-order valence-corrected chi connectivity index (χ3v) is 5.02. The van der Waals surface area contributed by atoms with E-state index in [0.717, 1.165) is 17.8 Å². The summed E-state index contributed by atoms with van der Waals surface area (Å²) >= 11 is 0. The maximum atomic E-state index is 4.48. The lowest BCUT2D eigenvalue weighted by Gasteiger charge is -2.32. The molecule has 0 saturated carbocycles. The molecule has 2 rings (SSSR count). The molecule has 0 heteroatoms. The predicted molar refractivity (Wildman–Crippen MR) is 85.1 cm³/mol. The molecule has 0 saturated heterocycles. The Morgan fingerprint density at radius 3 is 2.68 bits per heavy atom. The number of allylic oxidation sites excluding steroid dienone is 5. The van der Waals surface area contributed by atoms with E-state index >= 15 is 0 Å². The van der Waals surface area contributed by atoms with Crippen LogP contribution in [0.4, 0.5) is 0 Å². The van der Waals surface area contributed by atoms with Crippen LogP contribution in [0.2, 0.25) is 0 Å². The first-order valence-electron chi connectivity index (χ1n) is 8.15. The molecule has 0 radical (unpaired) electrons. The van der Waals surface area contributed by atoms with Crippen LogP contribution in [0.25, 0.3) is 0 Å². The maximum Gasteiger partial charge on any atom is -0.0223 e. The lowest BCUT2D eigenvalue weighted by atomic mass is 9.73. The van der Waals surface area contributed by atoms with Gasteiger partial charge in [-0.05, 0) is 73.0 Å². The highest BCUT2D eigenvalue weighted by molar-refractivity contribution is 5.49. The zero-order valence-electron chi connectivity index (χ0n) is 13.3. The molecule has 0 aliphatic heterocycles. The van der Waals surface area contributed by atoms with E-state index in [1.807, 2.05) is 0 Å². The molecule has 0 aromatic rings. The minimum Gasteiger partial charge on any atom is -0.0912 e. The Labute approximate surface area is 119 Å². The second-order valence-corrected chi connectivity index (χ2v) is 6.84. The summed E-state index contributed by atoms with van der Waals surface area (Å²) in [6.07, 6.45) is 10.2. The lowest BCUT2D eigenvalue weighted by molar-refractivity contribution is 0.411. The molecule has 106 valence electrons. The molecule has 0 amide bonds. The number of hydrogen-bond donors (Lipinski definition) is 0. The van der Waals surface area contributed by atoms with Crippen molar-refractivity contribution in [1.29, 1.82) is 0 Å².